The van der Waals surface area contributed by atoms with Crippen LogP contribution in [0.5, 0.6) is 0 Å². The number of nitrogens with zero attached hydrogens (tertiary/aromatic N) is 1. The zero-order valence-electron chi connectivity index (χ0n) is 14.0. The molecule has 0 aliphatic heterocycles. The van der Waals surface area contributed by atoms with Gasteiger partial charge in [-0.15, -0.1) is 0 Å². The van der Waals surface area contributed by atoms with Gasteiger partial charge >= 0.3 is 0 Å². The molecule has 2 aromatic rings. The summed E-state index contributed by atoms with van der Waals surface area (Å²) in [5, 5.41) is 4.33. The number of fused-ring (bicyclic) bond motifs is 4. The van der Waals surface area contributed by atoms with Gasteiger partial charge in [0.15, 0.2) is 0 Å². The van der Waals surface area contributed by atoms with Crippen molar-refractivity contribution in [1.82, 2.24) is 9.88 Å². The number of aromatic nitrogens is 1. The Balaban J connectivity index is 1.53. The van der Waals surface area contributed by atoms with E-state index in [0.29, 0.717) is 5.41 Å². The minimum absolute atomic E-state index is 0.0930. The van der Waals surface area contributed by atoms with E-state index in [2.05, 4.69) is 28.9 Å². The van der Waals surface area contributed by atoms with E-state index < -0.39 is 0 Å². The highest BCUT2D eigenvalue weighted by Gasteiger charge is 2.40. The molecule has 3 heteroatoms. The lowest BCUT2D eigenvalue weighted by atomic mass is 9.61. The molecule has 3 aliphatic rings. The number of para-hydroxylation sites is 1. The van der Waals surface area contributed by atoms with Crippen LogP contribution in [-0.2, 0) is 6.54 Å². The topological polar surface area (TPSA) is 34.0 Å². The number of carbonyl (C=O) groups excluding carboxylic acids is 1. The van der Waals surface area contributed by atoms with E-state index in [1.165, 1.54) is 38.5 Å². The molecule has 3 saturated carbocycles. The zero-order chi connectivity index (χ0) is 15.9. The normalized spacial score (nSPS) is 26.6. The Morgan fingerprint density at radius 1 is 1.22 bits per heavy atom. The number of benzene rings is 1. The van der Waals surface area contributed by atoms with Crippen LogP contribution in [0.3, 0.4) is 0 Å². The lowest BCUT2D eigenvalue weighted by Gasteiger charge is -2.46. The summed E-state index contributed by atoms with van der Waals surface area (Å²) in [6.45, 7) is 3.86. The summed E-state index contributed by atoms with van der Waals surface area (Å²) in [5.41, 5.74) is 2.35. The molecular weight excluding hydrogens is 284 g/mol. The van der Waals surface area contributed by atoms with Crippen molar-refractivity contribution in [1.29, 1.82) is 0 Å². The predicted molar refractivity (Wildman–Crippen MR) is 93.6 cm³/mol. The standard InChI is InChI=1S/C20H26N2O/c1-2-22-13-17(16-5-3-4-6-18(16)22)19(23)21-14-20-10-7-15(8-11-20)9-12-20/h3-6,13,15H,2,7-12,14H2,1H3,(H,21,23). The van der Waals surface area contributed by atoms with Crippen molar-refractivity contribution < 1.29 is 4.79 Å². The molecule has 3 nitrogen and oxygen atoms in total. The number of nitrogens with one attached hydrogen (secondary N) is 1. The van der Waals surface area contributed by atoms with E-state index in [4.69, 9.17) is 0 Å². The molecule has 0 unspecified atom stereocenters. The number of amides is 1. The van der Waals surface area contributed by atoms with Gasteiger partial charge in [0, 0.05) is 30.2 Å². The fourth-order valence-corrected chi connectivity index (χ4v) is 4.66. The first-order chi connectivity index (χ1) is 11.2. The van der Waals surface area contributed by atoms with Crippen LogP contribution in [0.15, 0.2) is 30.5 Å². The Hall–Kier alpha value is -1.77. The highest BCUT2D eigenvalue weighted by Crippen LogP contribution is 2.49. The molecule has 1 aromatic heterocycles. The monoisotopic (exact) mass is 310 g/mol. The van der Waals surface area contributed by atoms with Crippen LogP contribution >= 0.6 is 0 Å². The quantitative estimate of drug-likeness (QED) is 0.894. The van der Waals surface area contributed by atoms with Crippen LogP contribution in [0, 0.1) is 11.3 Å². The van der Waals surface area contributed by atoms with Gasteiger partial charge in [-0.25, -0.2) is 0 Å². The summed E-state index contributed by atoms with van der Waals surface area (Å²) >= 11 is 0. The smallest absolute Gasteiger partial charge is 0.253 e. The van der Waals surface area contributed by atoms with E-state index in [0.717, 1.165) is 35.5 Å². The summed E-state index contributed by atoms with van der Waals surface area (Å²) < 4.78 is 2.16. The van der Waals surface area contributed by atoms with Crippen molar-refractivity contribution in [3.63, 3.8) is 0 Å². The largest absolute Gasteiger partial charge is 0.351 e. The second-order valence-electron chi connectivity index (χ2n) is 7.51. The van der Waals surface area contributed by atoms with Crippen LogP contribution < -0.4 is 5.32 Å². The van der Waals surface area contributed by atoms with Crippen molar-refractivity contribution in [3.05, 3.63) is 36.0 Å². The maximum absolute atomic E-state index is 12.8. The minimum atomic E-state index is 0.0930. The van der Waals surface area contributed by atoms with Crippen LogP contribution in [0.1, 0.15) is 55.8 Å². The Bertz CT molecular complexity index is 709. The summed E-state index contributed by atoms with van der Waals surface area (Å²) in [4.78, 5) is 12.8. The van der Waals surface area contributed by atoms with Gasteiger partial charge in [0.2, 0.25) is 0 Å². The van der Waals surface area contributed by atoms with E-state index >= 15 is 0 Å². The maximum Gasteiger partial charge on any atom is 0.253 e. The van der Waals surface area contributed by atoms with Crippen molar-refractivity contribution in [2.75, 3.05) is 6.54 Å². The summed E-state index contributed by atoms with van der Waals surface area (Å²) in [6, 6.07) is 8.20. The fourth-order valence-electron chi connectivity index (χ4n) is 4.66. The average Bonchev–Trinajstić information content (AvgIpc) is 3.00. The third-order valence-corrected chi connectivity index (χ3v) is 6.25. The third kappa shape index (κ3) is 2.56. The lowest BCUT2D eigenvalue weighted by molar-refractivity contribution is 0.0598. The second-order valence-corrected chi connectivity index (χ2v) is 7.51. The van der Waals surface area contributed by atoms with Gasteiger partial charge in [0.05, 0.1) is 5.56 Å². The first-order valence-corrected chi connectivity index (χ1v) is 9.07. The lowest BCUT2D eigenvalue weighted by Crippen LogP contribution is -2.43. The summed E-state index contributed by atoms with van der Waals surface area (Å²) in [7, 11) is 0. The van der Waals surface area contributed by atoms with Crippen molar-refractivity contribution in [2.24, 2.45) is 11.3 Å². The molecule has 1 N–H and O–H groups in total. The Morgan fingerprint density at radius 2 is 1.91 bits per heavy atom. The van der Waals surface area contributed by atoms with Crippen molar-refractivity contribution >= 4 is 16.8 Å². The molecule has 0 saturated heterocycles. The van der Waals surface area contributed by atoms with Gasteiger partial charge in [-0.1, -0.05) is 18.2 Å². The fraction of sp³-hybridized carbons (Fsp3) is 0.550. The number of carbonyl (C=O) groups is 1. The number of hydrogen-bond acceptors (Lipinski definition) is 1. The predicted octanol–water partition coefficient (Wildman–Crippen LogP) is 4.36. The molecule has 0 spiro atoms. The molecule has 122 valence electrons. The molecule has 0 radical (unpaired) electrons. The average molecular weight is 310 g/mol. The molecule has 0 atom stereocenters. The van der Waals surface area contributed by atoms with Gasteiger partial charge in [0.25, 0.3) is 5.91 Å². The molecule has 2 bridgehead atoms. The second kappa shape index (κ2) is 5.70. The number of rotatable bonds is 4. The summed E-state index contributed by atoms with van der Waals surface area (Å²) in [6.07, 6.45) is 10.0. The summed E-state index contributed by atoms with van der Waals surface area (Å²) in [5.74, 6) is 1.06. The number of hydrogen-bond donors (Lipinski definition) is 1. The molecule has 3 aliphatic carbocycles. The molecule has 5 rings (SSSR count). The molecule has 1 amide bonds. The van der Waals surface area contributed by atoms with E-state index in [9.17, 15) is 4.79 Å². The van der Waals surface area contributed by atoms with Crippen molar-refractivity contribution in [3.8, 4) is 0 Å². The molecule has 23 heavy (non-hydrogen) atoms. The van der Waals surface area contributed by atoms with Gasteiger partial charge in [-0.05, 0) is 62.8 Å². The van der Waals surface area contributed by atoms with Gasteiger partial charge in [-0.3, -0.25) is 4.79 Å². The van der Waals surface area contributed by atoms with Crippen molar-refractivity contribution in [2.45, 2.75) is 52.0 Å². The first-order valence-electron chi connectivity index (χ1n) is 9.07. The Kier molecular flexibility index (Phi) is 3.67. The van der Waals surface area contributed by atoms with Crippen LogP contribution in [0.2, 0.25) is 0 Å². The van der Waals surface area contributed by atoms with E-state index in [-0.39, 0.29) is 5.91 Å². The molecule has 3 fully saturated rings. The van der Waals surface area contributed by atoms with Gasteiger partial charge < -0.3 is 9.88 Å². The molecular formula is C20H26N2O. The minimum Gasteiger partial charge on any atom is -0.351 e. The third-order valence-electron chi connectivity index (χ3n) is 6.25. The highest BCUT2D eigenvalue weighted by atomic mass is 16.1. The van der Waals surface area contributed by atoms with Gasteiger partial charge in [-0.2, -0.15) is 0 Å². The van der Waals surface area contributed by atoms with E-state index in [1.807, 2.05) is 18.3 Å². The van der Waals surface area contributed by atoms with Crippen LogP contribution in [0.4, 0.5) is 0 Å². The number of aryl methyl sites for hydroxylation is 1. The SMILES string of the molecule is CCn1cc(C(=O)NCC23CCC(CC2)CC3)c2ccccc21. The van der Waals surface area contributed by atoms with Gasteiger partial charge in [0.1, 0.15) is 0 Å². The first kappa shape index (κ1) is 14.8. The Labute approximate surface area is 138 Å². The maximum atomic E-state index is 12.8. The Morgan fingerprint density at radius 3 is 2.61 bits per heavy atom. The van der Waals surface area contributed by atoms with Crippen LogP contribution in [0.25, 0.3) is 10.9 Å². The van der Waals surface area contributed by atoms with E-state index in [1.54, 1.807) is 0 Å². The zero-order valence-corrected chi connectivity index (χ0v) is 14.0. The molecule has 1 aromatic carbocycles. The van der Waals surface area contributed by atoms with Crippen LogP contribution in [-0.4, -0.2) is 17.0 Å². The molecule has 1 heterocycles. The highest BCUT2D eigenvalue weighted by molar-refractivity contribution is 6.07.